The van der Waals surface area contributed by atoms with Gasteiger partial charge in [-0.05, 0) is 25.5 Å². The maximum absolute atomic E-state index is 12.7. The molecule has 3 heterocycles. The number of anilines is 2. The van der Waals surface area contributed by atoms with Gasteiger partial charge in [-0.2, -0.15) is 4.99 Å². The molecule has 1 aliphatic rings. The van der Waals surface area contributed by atoms with Gasteiger partial charge >= 0.3 is 0 Å². The number of hydrazine groups is 1. The van der Waals surface area contributed by atoms with Gasteiger partial charge in [-0.3, -0.25) is 19.6 Å². The highest BCUT2D eigenvalue weighted by atomic mass is 16.5. The van der Waals surface area contributed by atoms with Crippen LogP contribution in [0.1, 0.15) is 55.2 Å². The lowest BCUT2D eigenvalue weighted by atomic mass is 9.89. The maximum Gasteiger partial charge on any atom is 0.280 e. The number of hydrogen-bond donors (Lipinski definition) is 3. The molecule has 1 aliphatic heterocycles. The highest BCUT2D eigenvalue weighted by Gasteiger charge is 2.23. The van der Waals surface area contributed by atoms with E-state index in [1.807, 2.05) is 13.1 Å². The molecule has 1 atom stereocenters. The zero-order chi connectivity index (χ0) is 27.3. The standard InChI is InChI=1S/C26H36N8O3/c1-16-22(9-18(12-31-16)25(36)32-24(28)10-23(35)26(2,3)4)34(29)14-21(27)17-8-20(13-30-11-17)33(5)19-6-7-37-15-19/h8-9,11-13,19,27H,6-7,10,14-15,29H2,1-5H3,(H2,28,32,36). The van der Waals surface area contributed by atoms with Crippen LogP contribution in [0.5, 0.6) is 0 Å². The van der Waals surface area contributed by atoms with Gasteiger partial charge in [0.2, 0.25) is 0 Å². The van der Waals surface area contributed by atoms with Crippen molar-refractivity contribution < 1.29 is 14.3 Å². The minimum Gasteiger partial charge on any atom is -0.387 e. The summed E-state index contributed by atoms with van der Waals surface area (Å²) in [5.41, 5.74) is 8.29. The Hall–Kier alpha value is -3.70. The summed E-state index contributed by atoms with van der Waals surface area (Å²) in [6.45, 7) is 8.57. The van der Waals surface area contributed by atoms with E-state index in [4.69, 9.17) is 21.7 Å². The number of aryl methyl sites for hydroxylation is 1. The van der Waals surface area contributed by atoms with Crippen molar-refractivity contribution in [2.45, 2.75) is 46.6 Å². The predicted octanol–water partition coefficient (Wildman–Crippen LogP) is 2.26. The van der Waals surface area contributed by atoms with Crippen molar-refractivity contribution in [1.29, 1.82) is 5.41 Å². The van der Waals surface area contributed by atoms with Gasteiger partial charge in [-0.1, -0.05) is 20.8 Å². The fraction of sp³-hybridized carbons (Fsp3) is 0.462. The number of Topliss-reactive ketones (excluding diaryl/α,β-unsaturated/α-hetero) is 1. The molecular formula is C26H36N8O3. The minimum absolute atomic E-state index is 0.0556. The molecule has 1 amide bonds. The van der Waals surface area contributed by atoms with Crippen LogP contribution in [0.4, 0.5) is 11.4 Å². The first-order chi connectivity index (χ1) is 17.4. The van der Waals surface area contributed by atoms with Crippen LogP contribution < -0.4 is 21.5 Å². The minimum atomic E-state index is -0.618. The fourth-order valence-corrected chi connectivity index (χ4v) is 3.76. The van der Waals surface area contributed by atoms with Crippen molar-refractivity contribution in [2.75, 3.05) is 36.7 Å². The number of aliphatic imine (C=N–C) groups is 1. The summed E-state index contributed by atoms with van der Waals surface area (Å²) in [4.78, 5) is 39.4. The van der Waals surface area contributed by atoms with Gasteiger partial charge in [0, 0.05) is 37.0 Å². The molecule has 1 unspecified atom stereocenters. The lowest BCUT2D eigenvalue weighted by Gasteiger charge is -2.26. The largest absolute Gasteiger partial charge is 0.387 e. The molecule has 0 radical (unpaired) electrons. The van der Waals surface area contributed by atoms with Crippen LogP contribution in [0.15, 0.2) is 35.7 Å². The van der Waals surface area contributed by atoms with Crippen LogP contribution in [-0.4, -0.2) is 66.1 Å². The second-order valence-electron chi connectivity index (χ2n) is 10.3. The Kier molecular flexibility index (Phi) is 8.72. The zero-order valence-electron chi connectivity index (χ0n) is 22.1. The van der Waals surface area contributed by atoms with Gasteiger partial charge in [0.25, 0.3) is 5.91 Å². The van der Waals surface area contributed by atoms with E-state index in [1.54, 1.807) is 46.2 Å². The van der Waals surface area contributed by atoms with Crippen LogP contribution >= 0.6 is 0 Å². The Morgan fingerprint density at radius 1 is 1.22 bits per heavy atom. The molecule has 0 aromatic carbocycles. The fourth-order valence-electron chi connectivity index (χ4n) is 3.76. The summed E-state index contributed by atoms with van der Waals surface area (Å²) in [5, 5.41) is 9.97. The number of amidine groups is 1. The van der Waals surface area contributed by atoms with Gasteiger partial charge in [-0.25, -0.2) is 5.84 Å². The predicted molar refractivity (Wildman–Crippen MR) is 144 cm³/mol. The van der Waals surface area contributed by atoms with E-state index in [1.165, 1.54) is 11.2 Å². The number of amides is 1. The van der Waals surface area contributed by atoms with Crippen LogP contribution in [0.25, 0.3) is 0 Å². The quantitative estimate of drug-likeness (QED) is 0.199. The van der Waals surface area contributed by atoms with Gasteiger partial charge in [-0.15, -0.1) is 0 Å². The number of nitrogens with two attached hydrogens (primary N) is 2. The van der Waals surface area contributed by atoms with E-state index >= 15 is 0 Å². The van der Waals surface area contributed by atoms with Crippen molar-refractivity contribution >= 4 is 34.6 Å². The Bertz CT molecular complexity index is 1200. The number of likely N-dealkylation sites (N-methyl/N-ethyl adjacent to an activating group) is 1. The number of carbonyl (C=O) groups is 2. The van der Waals surface area contributed by atoms with E-state index in [0.717, 1.165) is 18.7 Å². The Morgan fingerprint density at radius 3 is 2.59 bits per heavy atom. The average molecular weight is 509 g/mol. The maximum atomic E-state index is 12.7. The van der Waals surface area contributed by atoms with Crippen LogP contribution in [-0.2, 0) is 9.53 Å². The highest BCUT2D eigenvalue weighted by molar-refractivity contribution is 6.09. The number of nitrogens with one attached hydrogen (secondary N) is 1. The molecule has 3 rings (SSSR count). The molecule has 2 aromatic heterocycles. The number of carbonyl (C=O) groups excluding carboxylic acids is 2. The summed E-state index contributed by atoms with van der Waals surface area (Å²) < 4.78 is 5.48. The summed E-state index contributed by atoms with van der Waals surface area (Å²) in [6, 6.07) is 3.74. The summed E-state index contributed by atoms with van der Waals surface area (Å²) in [6.07, 6.45) is 5.61. The summed E-state index contributed by atoms with van der Waals surface area (Å²) >= 11 is 0. The normalized spacial score (nSPS) is 15.9. The number of aromatic nitrogens is 2. The SMILES string of the molecule is Cc1ncc(C(=O)N=C(N)CC(=O)C(C)(C)C)cc1N(N)CC(=N)c1cncc(N(C)C2CCOC2)c1. The molecule has 11 nitrogen and oxygen atoms in total. The number of ketones is 1. The number of nitrogens with zero attached hydrogens (tertiary/aromatic N) is 5. The monoisotopic (exact) mass is 508 g/mol. The van der Waals surface area contributed by atoms with Crippen molar-refractivity contribution in [3.8, 4) is 0 Å². The van der Waals surface area contributed by atoms with E-state index in [0.29, 0.717) is 23.6 Å². The van der Waals surface area contributed by atoms with Crippen molar-refractivity contribution in [2.24, 2.45) is 22.0 Å². The molecule has 198 valence electrons. The van der Waals surface area contributed by atoms with Crippen molar-refractivity contribution in [3.05, 3.63) is 47.5 Å². The summed E-state index contributed by atoms with van der Waals surface area (Å²) in [7, 11) is 1.99. The molecule has 37 heavy (non-hydrogen) atoms. The number of pyridine rings is 2. The van der Waals surface area contributed by atoms with E-state index in [2.05, 4.69) is 19.9 Å². The average Bonchev–Trinajstić information content (AvgIpc) is 3.38. The molecule has 0 aliphatic carbocycles. The Morgan fingerprint density at radius 2 is 1.95 bits per heavy atom. The topological polar surface area (TPSA) is 164 Å². The molecular weight excluding hydrogens is 472 g/mol. The second kappa shape index (κ2) is 11.6. The first-order valence-corrected chi connectivity index (χ1v) is 12.1. The van der Waals surface area contributed by atoms with E-state index in [-0.39, 0.29) is 41.9 Å². The first kappa shape index (κ1) is 27.9. The van der Waals surface area contributed by atoms with Crippen molar-refractivity contribution in [3.63, 3.8) is 0 Å². The molecule has 11 heteroatoms. The first-order valence-electron chi connectivity index (χ1n) is 12.1. The lowest BCUT2D eigenvalue weighted by molar-refractivity contribution is -0.125. The molecule has 1 saturated heterocycles. The molecule has 0 bridgehead atoms. The third kappa shape index (κ3) is 7.17. The Balaban J connectivity index is 1.72. The van der Waals surface area contributed by atoms with Gasteiger partial charge in [0.05, 0.1) is 60.2 Å². The number of hydrogen-bond acceptors (Lipinski definition) is 9. The third-order valence-corrected chi connectivity index (χ3v) is 6.30. The molecule has 2 aromatic rings. The lowest BCUT2D eigenvalue weighted by Crippen LogP contribution is -2.37. The number of ether oxygens (including phenoxy) is 1. The van der Waals surface area contributed by atoms with Gasteiger partial charge < -0.3 is 25.8 Å². The third-order valence-electron chi connectivity index (χ3n) is 6.30. The van der Waals surface area contributed by atoms with Gasteiger partial charge in [0.15, 0.2) is 0 Å². The van der Waals surface area contributed by atoms with Gasteiger partial charge in [0.1, 0.15) is 11.6 Å². The molecule has 0 saturated carbocycles. The van der Waals surface area contributed by atoms with Crippen LogP contribution in [0, 0.1) is 17.7 Å². The molecule has 0 spiro atoms. The Labute approximate surface area is 217 Å². The molecule has 5 N–H and O–H groups in total. The number of rotatable bonds is 9. The van der Waals surface area contributed by atoms with Crippen molar-refractivity contribution in [1.82, 2.24) is 9.97 Å². The smallest absolute Gasteiger partial charge is 0.280 e. The zero-order valence-corrected chi connectivity index (χ0v) is 22.1. The van der Waals surface area contributed by atoms with E-state index < -0.39 is 11.3 Å². The van der Waals surface area contributed by atoms with E-state index in [9.17, 15) is 9.59 Å². The molecule has 1 fully saturated rings. The van der Waals surface area contributed by atoms with Crippen LogP contribution in [0.2, 0.25) is 0 Å². The van der Waals surface area contributed by atoms with Crippen LogP contribution in [0.3, 0.4) is 0 Å². The highest BCUT2D eigenvalue weighted by Crippen LogP contribution is 2.22. The summed E-state index contributed by atoms with van der Waals surface area (Å²) in [5.74, 6) is 5.52. The second-order valence-corrected chi connectivity index (χ2v) is 10.3.